The van der Waals surface area contributed by atoms with E-state index in [2.05, 4.69) is 21.9 Å². The van der Waals surface area contributed by atoms with E-state index in [-0.39, 0.29) is 12.6 Å². The average molecular weight is 282 g/mol. The lowest BCUT2D eigenvalue weighted by atomic mass is 10.0. The molecule has 0 amide bonds. The van der Waals surface area contributed by atoms with Gasteiger partial charge in [0.25, 0.3) is 0 Å². The van der Waals surface area contributed by atoms with E-state index in [0.717, 1.165) is 25.3 Å². The van der Waals surface area contributed by atoms with Crippen LogP contribution in [0.1, 0.15) is 26.1 Å². The number of carbonyl (C=O) groups is 1. The number of likely N-dealkylation sites (N-methyl/N-ethyl adjacent to an activating group) is 1. The molecular weight excluding hydrogens is 260 g/mol. The van der Waals surface area contributed by atoms with Crippen LogP contribution >= 0.6 is 0 Å². The number of ether oxygens (including phenoxy) is 1. The van der Waals surface area contributed by atoms with Gasteiger partial charge in [-0.1, -0.05) is 13.8 Å². The van der Waals surface area contributed by atoms with Crippen LogP contribution in [0.2, 0.25) is 0 Å². The summed E-state index contributed by atoms with van der Waals surface area (Å²) in [6.07, 6.45) is 2.55. The lowest BCUT2D eigenvalue weighted by Crippen LogP contribution is -2.43. The Morgan fingerprint density at radius 3 is 3.00 bits per heavy atom. The molecule has 7 heteroatoms. The van der Waals surface area contributed by atoms with Gasteiger partial charge >= 0.3 is 5.97 Å². The zero-order valence-corrected chi connectivity index (χ0v) is 12.0. The number of aromatic nitrogens is 3. The van der Waals surface area contributed by atoms with E-state index >= 15 is 0 Å². The Bertz CT molecular complexity index is 449. The molecule has 0 saturated carbocycles. The number of aryl methyl sites for hydroxylation is 1. The topological polar surface area (TPSA) is 80.5 Å². The van der Waals surface area contributed by atoms with E-state index in [4.69, 9.17) is 4.74 Å². The molecule has 1 aliphatic rings. The van der Waals surface area contributed by atoms with Crippen LogP contribution in [-0.4, -0.2) is 56.5 Å². The van der Waals surface area contributed by atoms with Crippen molar-refractivity contribution in [2.45, 2.75) is 39.4 Å². The first-order valence-electron chi connectivity index (χ1n) is 7.08. The number of aliphatic carboxylic acids is 1. The van der Waals surface area contributed by atoms with Crippen LogP contribution in [0.5, 0.6) is 0 Å². The number of rotatable bonds is 7. The zero-order valence-electron chi connectivity index (χ0n) is 12.0. The van der Waals surface area contributed by atoms with Gasteiger partial charge in [-0.3, -0.25) is 9.69 Å². The summed E-state index contributed by atoms with van der Waals surface area (Å²) in [4.78, 5) is 17.7. The van der Waals surface area contributed by atoms with Crippen molar-refractivity contribution >= 4 is 5.97 Å². The number of carboxylic acids is 1. The van der Waals surface area contributed by atoms with Gasteiger partial charge in [-0.2, -0.15) is 5.10 Å². The van der Waals surface area contributed by atoms with Gasteiger partial charge in [0.2, 0.25) is 0 Å². The second-order valence-corrected chi connectivity index (χ2v) is 5.01. The van der Waals surface area contributed by atoms with Crippen molar-refractivity contribution in [1.29, 1.82) is 0 Å². The Morgan fingerprint density at radius 1 is 1.55 bits per heavy atom. The second kappa shape index (κ2) is 6.81. The minimum absolute atomic E-state index is 0.0933. The Balaban J connectivity index is 2.08. The molecule has 2 heterocycles. The first-order valence-corrected chi connectivity index (χ1v) is 7.08. The summed E-state index contributed by atoms with van der Waals surface area (Å²) >= 11 is 0. The van der Waals surface area contributed by atoms with Crippen LogP contribution in [0.4, 0.5) is 0 Å². The van der Waals surface area contributed by atoms with Crippen molar-refractivity contribution in [1.82, 2.24) is 19.7 Å². The Kier molecular flexibility index (Phi) is 5.08. The quantitative estimate of drug-likeness (QED) is 0.789. The Labute approximate surface area is 118 Å². The lowest BCUT2D eigenvalue weighted by molar-refractivity contribution is -0.143. The largest absolute Gasteiger partial charge is 0.481 e. The summed E-state index contributed by atoms with van der Waals surface area (Å²) in [6.45, 7) is 7.07. The van der Waals surface area contributed by atoms with Crippen molar-refractivity contribution < 1.29 is 14.6 Å². The highest BCUT2D eigenvalue weighted by atomic mass is 16.5. The standard InChI is InChI=1S/C13H22N4O3/c1-3-5-17-12(14-9-15-17)6-16(4-2)11-8-20-7-10(11)13(18)19/h9-11H,3-8H2,1-2H3,(H,18,19). The van der Waals surface area contributed by atoms with E-state index < -0.39 is 11.9 Å². The summed E-state index contributed by atoms with van der Waals surface area (Å²) in [6, 6.07) is -0.0933. The highest BCUT2D eigenvalue weighted by Crippen LogP contribution is 2.21. The number of nitrogens with zero attached hydrogens (tertiary/aromatic N) is 4. The minimum Gasteiger partial charge on any atom is -0.481 e. The molecule has 2 unspecified atom stereocenters. The molecule has 0 aromatic carbocycles. The van der Waals surface area contributed by atoms with Gasteiger partial charge < -0.3 is 9.84 Å². The Hall–Kier alpha value is -1.47. The van der Waals surface area contributed by atoms with Crippen LogP contribution in [0.15, 0.2) is 6.33 Å². The SMILES string of the molecule is CCCn1ncnc1CN(CC)C1COCC1C(=O)O. The van der Waals surface area contributed by atoms with Gasteiger partial charge in [0.15, 0.2) is 0 Å². The molecule has 1 saturated heterocycles. The molecule has 0 spiro atoms. The van der Waals surface area contributed by atoms with Crippen molar-refractivity contribution in [3.63, 3.8) is 0 Å². The predicted octanol–water partition coefficient (Wildman–Crippen LogP) is 0.610. The summed E-state index contributed by atoms with van der Waals surface area (Å²) in [5.41, 5.74) is 0. The second-order valence-electron chi connectivity index (χ2n) is 5.01. The van der Waals surface area contributed by atoms with Crippen LogP contribution in [-0.2, 0) is 22.6 Å². The van der Waals surface area contributed by atoms with Crippen LogP contribution in [0.25, 0.3) is 0 Å². The summed E-state index contributed by atoms with van der Waals surface area (Å²) in [5.74, 6) is -0.372. The number of hydrogen-bond acceptors (Lipinski definition) is 5. The molecule has 1 fully saturated rings. The summed E-state index contributed by atoms with van der Waals surface area (Å²) in [5, 5.41) is 13.5. The molecule has 2 atom stereocenters. The van der Waals surface area contributed by atoms with E-state index in [1.54, 1.807) is 6.33 Å². The highest BCUT2D eigenvalue weighted by Gasteiger charge is 2.37. The van der Waals surface area contributed by atoms with Crippen molar-refractivity contribution in [3.05, 3.63) is 12.2 Å². The monoisotopic (exact) mass is 282 g/mol. The average Bonchev–Trinajstić information content (AvgIpc) is 3.05. The molecule has 112 valence electrons. The summed E-state index contributed by atoms with van der Waals surface area (Å²) in [7, 11) is 0. The predicted molar refractivity (Wildman–Crippen MR) is 72.1 cm³/mol. The number of carboxylic acid groups (broad SMARTS) is 1. The maximum absolute atomic E-state index is 11.3. The number of hydrogen-bond donors (Lipinski definition) is 1. The van der Waals surface area contributed by atoms with Crippen LogP contribution in [0.3, 0.4) is 0 Å². The molecule has 0 bridgehead atoms. The van der Waals surface area contributed by atoms with Crippen molar-refractivity contribution in [2.75, 3.05) is 19.8 Å². The van der Waals surface area contributed by atoms with Gasteiger partial charge in [-0.25, -0.2) is 9.67 Å². The molecule has 0 aliphatic carbocycles. The first kappa shape index (κ1) is 14.9. The van der Waals surface area contributed by atoms with E-state index in [0.29, 0.717) is 13.2 Å². The maximum atomic E-state index is 11.3. The normalized spacial score (nSPS) is 22.6. The Morgan fingerprint density at radius 2 is 2.35 bits per heavy atom. The van der Waals surface area contributed by atoms with Gasteiger partial charge in [0, 0.05) is 12.6 Å². The van der Waals surface area contributed by atoms with Gasteiger partial charge in [0.05, 0.1) is 25.7 Å². The molecule has 1 aliphatic heterocycles. The van der Waals surface area contributed by atoms with Crippen LogP contribution in [0, 0.1) is 5.92 Å². The van der Waals surface area contributed by atoms with Crippen molar-refractivity contribution in [2.24, 2.45) is 5.92 Å². The molecular formula is C13H22N4O3. The van der Waals surface area contributed by atoms with E-state index in [1.807, 2.05) is 11.6 Å². The van der Waals surface area contributed by atoms with Gasteiger partial charge in [-0.15, -0.1) is 0 Å². The fourth-order valence-corrected chi connectivity index (χ4v) is 2.59. The molecule has 20 heavy (non-hydrogen) atoms. The third kappa shape index (κ3) is 3.16. The smallest absolute Gasteiger partial charge is 0.310 e. The highest BCUT2D eigenvalue weighted by molar-refractivity contribution is 5.71. The molecule has 2 rings (SSSR count). The molecule has 7 nitrogen and oxygen atoms in total. The van der Waals surface area contributed by atoms with E-state index in [9.17, 15) is 9.90 Å². The fraction of sp³-hybridized carbons (Fsp3) is 0.769. The van der Waals surface area contributed by atoms with E-state index in [1.165, 1.54) is 0 Å². The maximum Gasteiger partial charge on any atom is 0.310 e. The summed E-state index contributed by atoms with van der Waals surface area (Å²) < 4.78 is 7.23. The molecule has 1 aromatic rings. The third-order valence-electron chi connectivity index (χ3n) is 3.72. The van der Waals surface area contributed by atoms with Gasteiger partial charge in [-0.05, 0) is 13.0 Å². The molecule has 1 N–H and O–H groups in total. The molecule has 1 aromatic heterocycles. The zero-order chi connectivity index (χ0) is 14.5. The lowest BCUT2D eigenvalue weighted by Gasteiger charge is -2.28. The molecule has 0 radical (unpaired) electrons. The third-order valence-corrected chi connectivity index (χ3v) is 3.72. The minimum atomic E-state index is -0.791. The van der Waals surface area contributed by atoms with Crippen molar-refractivity contribution in [3.8, 4) is 0 Å². The van der Waals surface area contributed by atoms with Gasteiger partial charge in [0.1, 0.15) is 12.2 Å². The first-order chi connectivity index (χ1) is 9.67. The van der Waals surface area contributed by atoms with Crippen LogP contribution < -0.4 is 0 Å². The fourth-order valence-electron chi connectivity index (χ4n) is 2.59.